The van der Waals surface area contributed by atoms with Gasteiger partial charge in [-0.25, -0.2) is 15.0 Å². The van der Waals surface area contributed by atoms with Gasteiger partial charge in [0, 0.05) is 11.0 Å². The molecule has 2 fully saturated rings. The third-order valence-electron chi connectivity index (χ3n) is 6.34. The maximum Gasteiger partial charge on any atom is 0.252 e. The van der Waals surface area contributed by atoms with Crippen LogP contribution in [0.1, 0.15) is 32.4 Å². The number of aliphatic hydroxyl groups is 2. The second kappa shape index (κ2) is 10.1. The van der Waals surface area contributed by atoms with E-state index in [1.807, 2.05) is 24.3 Å². The van der Waals surface area contributed by atoms with Gasteiger partial charge in [-0.15, -0.1) is 0 Å². The van der Waals surface area contributed by atoms with Gasteiger partial charge in [-0.05, 0) is 44.4 Å². The molecule has 1 aliphatic heterocycles. The molecule has 1 amide bonds. The average Bonchev–Trinajstić information content (AvgIpc) is 3.53. The smallest absolute Gasteiger partial charge is 0.252 e. The first-order valence-electron chi connectivity index (χ1n) is 11.6. The predicted molar refractivity (Wildman–Crippen MR) is 130 cm³/mol. The Hall–Kier alpha value is -2.80. The summed E-state index contributed by atoms with van der Waals surface area (Å²) in [5, 5.41) is 27.0. The zero-order valence-electron chi connectivity index (χ0n) is 19.0. The molecular weight excluding hydrogens is 520 g/mol. The van der Waals surface area contributed by atoms with Gasteiger partial charge in [0.05, 0.1) is 12.4 Å². The standard InChI is InChI=1S/C23H27BrN6O5/c1-2-25-22(33)19-17(31)18(32)23(35-19)30-11-28-16-20(26-10-27-21(16)30)29-14-7-4-8-15(14)34-13-6-3-5-12(24)9-13/h3,5-6,9-11,14-15,17-19,23,31-32H,2,4,7-8H2,1H3,(H,25,33)(H,26,27,29)/t14-,15-,17+,18-,19+,23-/m1/s1. The van der Waals surface area contributed by atoms with Crippen LogP contribution in [0.15, 0.2) is 41.4 Å². The molecule has 1 aromatic carbocycles. The molecule has 6 atom stereocenters. The number of likely N-dealkylation sites (N-methyl/N-ethyl adjacent to an activating group) is 1. The first-order chi connectivity index (χ1) is 17.0. The number of imidazole rings is 1. The number of hydrogen-bond acceptors (Lipinski definition) is 9. The number of halogens is 1. The van der Waals surface area contributed by atoms with Crippen LogP contribution in [0.25, 0.3) is 11.2 Å². The summed E-state index contributed by atoms with van der Waals surface area (Å²) < 4.78 is 14.4. The molecule has 3 heterocycles. The topological polar surface area (TPSA) is 144 Å². The SMILES string of the molecule is CCNC(=O)[C@H]1O[C@@H](n2cnc3c(N[C@@H]4CCC[C@H]4Oc4cccc(Br)c4)ncnc32)[C@H](O)[C@@H]1O. The van der Waals surface area contributed by atoms with Gasteiger partial charge in [-0.3, -0.25) is 9.36 Å². The number of hydrogen-bond donors (Lipinski definition) is 4. The Balaban J connectivity index is 1.36. The Morgan fingerprint density at radius 3 is 2.91 bits per heavy atom. The zero-order chi connectivity index (χ0) is 24.5. The summed E-state index contributed by atoms with van der Waals surface area (Å²) in [6.45, 7) is 2.15. The molecule has 1 saturated carbocycles. The molecule has 2 aromatic heterocycles. The monoisotopic (exact) mass is 546 g/mol. The number of rotatable bonds is 7. The quantitative estimate of drug-likeness (QED) is 0.348. The largest absolute Gasteiger partial charge is 0.488 e. The van der Waals surface area contributed by atoms with E-state index in [2.05, 4.69) is 41.5 Å². The molecule has 3 aromatic rings. The van der Waals surface area contributed by atoms with Crippen molar-refractivity contribution < 1.29 is 24.5 Å². The van der Waals surface area contributed by atoms with Crippen molar-refractivity contribution in [2.75, 3.05) is 11.9 Å². The fourth-order valence-corrected chi connectivity index (χ4v) is 5.03. The van der Waals surface area contributed by atoms with E-state index in [-0.39, 0.29) is 12.1 Å². The van der Waals surface area contributed by atoms with Gasteiger partial charge in [0.2, 0.25) is 0 Å². The number of fused-ring (bicyclic) bond motifs is 1. The van der Waals surface area contributed by atoms with Crippen LogP contribution < -0.4 is 15.4 Å². The van der Waals surface area contributed by atoms with Gasteiger partial charge >= 0.3 is 0 Å². The van der Waals surface area contributed by atoms with Crippen molar-refractivity contribution in [3.05, 3.63) is 41.4 Å². The highest BCUT2D eigenvalue weighted by molar-refractivity contribution is 9.10. The van der Waals surface area contributed by atoms with E-state index in [0.29, 0.717) is 23.5 Å². The number of nitrogens with zero attached hydrogens (tertiary/aromatic N) is 4. The maximum absolute atomic E-state index is 12.2. The molecule has 0 spiro atoms. The number of ether oxygens (including phenoxy) is 2. The molecule has 4 N–H and O–H groups in total. The Morgan fingerprint density at radius 2 is 2.11 bits per heavy atom. The van der Waals surface area contributed by atoms with Crippen LogP contribution >= 0.6 is 15.9 Å². The minimum Gasteiger partial charge on any atom is -0.488 e. The normalized spacial score (nSPS) is 28.3. The highest BCUT2D eigenvalue weighted by atomic mass is 79.9. The number of aliphatic hydroxyl groups excluding tert-OH is 2. The van der Waals surface area contributed by atoms with Gasteiger partial charge in [-0.2, -0.15) is 0 Å². The molecule has 0 bridgehead atoms. The highest BCUT2D eigenvalue weighted by Crippen LogP contribution is 2.34. The van der Waals surface area contributed by atoms with Gasteiger partial charge in [0.1, 0.15) is 30.4 Å². The van der Waals surface area contributed by atoms with Crippen LogP contribution in [0.5, 0.6) is 5.75 Å². The number of benzene rings is 1. The van der Waals surface area contributed by atoms with Crippen LogP contribution in [0.2, 0.25) is 0 Å². The lowest BCUT2D eigenvalue weighted by Crippen LogP contribution is -2.42. The zero-order valence-corrected chi connectivity index (χ0v) is 20.6. The summed E-state index contributed by atoms with van der Waals surface area (Å²) in [5.41, 5.74) is 0.908. The molecule has 1 aliphatic carbocycles. The summed E-state index contributed by atoms with van der Waals surface area (Å²) in [7, 11) is 0. The fraction of sp³-hybridized carbons (Fsp3) is 0.478. The summed E-state index contributed by atoms with van der Waals surface area (Å²) in [5.74, 6) is 0.847. The number of anilines is 1. The number of amides is 1. The third-order valence-corrected chi connectivity index (χ3v) is 6.83. The van der Waals surface area contributed by atoms with Gasteiger partial charge in [0.25, 0.3) is 5.91 Å². The van der Waals surface area contributed by atoms with Crippen LogP contribution in [0.3, 0.4) is 0 Å². The van der Waals surface area contributed by atoms with Gasteiger partial charge in [0.15, 0.2) is 29.3 Å². The second-order valence-corrected chi connectivity index (χ2v) is 9.58. The Kier molecular flexibility index (Phi) is 6.87. The highest BCUT2D eigenvalue weighted by Gasteiger charge is 2.47. The third kappa shape index (κ3) is 4.70. The molecule has 35 heavy (non-hydrogen) atoms. The molecule has 2 aliphatic rings. The van der Waals surface area contributed by atoms with Crippen LogP contribution in [-0.4, -0.2) is 72.6 Å². The summed E-state index contributed by atoms with van der Waals surface area (Å²) in [6, 6.07) is 7.78. The molecule has 1 saturated heterocycles. The van der Waals surface area contributed by atoms with Crippen molar-refractivity contribution in [2.45, 2.75) is 62.9 Å². The Morgan fingerprint density at radius 1 is 1.26 bits per heavy atom. The lowest BCUT2D eigenvalue weighted by Gasteiger charge is -2.23. The Labute approximate surface area is 210 Å². The van der Waals surface area contributed by atoms with Crippen LogP contribution in [0.4, 0.5) is 5.82 Å². The van der Waals surface area contributed by atoms with Crippen molar-refractivity contribution in [1.82, 2.24) is 24.8 Å². The number of carbonyl (C=O) groups is 1. The molecule has 186 valence electrons. The van der Waals surface area contributed by atoms with Crippen molar-refractivity contribution >= 4 is 38.8 Å². The van der Waals surface area contributed by atoms with Crippen LogP contribution in [-0.2, 0) is 9.53 Å². The van der Waals surface area contributed by atoms with E-state index in [0.717, 1.165) is 29.5 Å². The van der Waals surface area contributed by atoms with E-state index in [9.17, 15) is 15.0 Å². The minimum absolute atomic E-state index is 0.0227. The lowest BCUT2D eigenvalue weighted by atomic mass is 10.1. The lowest BCUT2D eigenvalue weighted by molar-refractivity contribution is -0.137. The summed E-state index contributed by atoms with van der Waals surface area (Å²) in [4.78, 5) is 25.4. The first kappa shape index (κ1) is 23.9. The van der Waals surface area contributed by atoms with Gasteiger partial charge < -0.3 is 30.3 Å². The molecule has 12 heteroatoms. The van der Waals surface area contributed by atoms with Crippen molar-refractivity contribution in [3.8, 4) is 5.75 Å². The summed E-state index contributed by atoms with van der Waals surface area (Å²) >= 11 is 3.48. The van der Waals surface area contributed by atoms with Crippen molar-refractivity contribution in [2.24, 2.45) is 0 Å². The van der Waals surface area contributed by atoms with E-state index in [1.54, 1.807) is 6.92 Å². The van der Waals surface area contributed by atoms with Crippen LogP contribution in [0, 0.1) is 0 Å². The van der Waals surface area contributed by atoms with E-state index >= 15 is 0 Å². The van der Waals surface area contributed by atoms with Crippen molar-refractivity contribution in [3.63, 3.8) is 0 Å². The predicted octanol–water partition coefficient (Wildman–Crippen LogP) is 1.76. The number of nitrogens with one attached hydrogen (secondary N) is 2. The molecule has 0 unspecified atom stereocenters. The summed E-state index contributed by atoms with van der Waals surface area (Å²) in [6.07, 6.45) is 0.748. The first-order valence-corrected chi connectivity index (χ1v) is 12.4. The van der Waals surface area contributed by atoms with Gasteiger partial charge in [-0.1, -0.05) is 22.0 Å². The fourth-order valence-electron chi connectivity index (χ4n) is 4.65. The maximum atomic E-state index is 12.2. The molecular formula is C23H27BrN6O5. The number of aromatic nitrogens is 4. The van der Waals surface area contributed by atoms with E-state index < -0.39 is 30.4 Å². The molecule has 5 rings (SSSR count). The minimum atomic E-state index is -1.38. The Bertz CT molecular complexity index is 1210. The van der Waals surface area contributed by atoms with Crippen molar-refractivity contribution in [1.29, 1.82) is 0 Å². The molecule has 0 radical (unpaired) electrons. The molecule has 11 nitrogen and oxygen atoms in total. The van der Waals surface area contributed by atoms with E-state index in [4.69, 9.17) is 9.47 Å². The second-order valence-electron chi connectivity index (χ2n) is 8.66. The number of carbonyl (C=O) groups excluding carboxylic acids is 1. The average molecular weight is 547 g/mol. The van der Waals surface area contributed by atoms with E-state index in [1.165, 1.54) is 17.2 Å².